The van der Waals surface area contributed by atoms with E-state index in [1.54, 1.807) is 0 Å². The maximum atomic E-state index is 13.2. The molecule has 0 aliphatic heterocycles. The van der Waals surface area contributed by atoms with E-state index >= 15 is 0 Å². The summed E-state index contributed by atoms with van der Waals surface area (Å²) in [5, 5.41) is 10.5. The van der Waals surface area contributed by atoms with Gasteiger partial charge in [-0.15, -0.1) is 0 Å². The molecule has 1 heterocycles. The monoisotopic (exact) mass is 452 g/mol. The van der Waals surface area contributed by atoms with Crippen LogP contribution in [0.1, 0.15) is 39.5 Å². The number of aromatic nitrogens is 2. The number of nitrogens with one attached hydrogen (secondary N) is 2. The lowest BCUT2D eigenvalue weighted by atomic mass is 10.1. The molecule has 0 unspecified atom stereocenters. The third kappa shape index (κ3) is 5.78. The van der Waals surface area contributed by atoms with Crippen LogP contribution in [-0.2, 0) is 17.9 Å². The Morgan fingerprint density at radius 3 is 2.03 bits per heavy atom. The Hall–Kier alpha value is -4.19. The van der Waals surface area contributed by atoms with Gasteiger partial charge >= 0.3 is 0 Å². The number of carbonyl (C=O) groups excluding carboxylic acids is 2. The molecule has 6 nitrogen and oxygen atoms in total. The van der Waals surface area contributed by atoms with Crippen molar-refractivity contribution in [1.29, 1.82) is 0 Å². The minimum absolute atomic E-state index is 0.118. The van der Waals surface area contributed by atoms with E-state index in [-0.39, 0.29) is 11.8 Å². The van der Waals surface area contributed by atoms with Crippen LogP contribution in [0.4, 0.5) is 5.69 Å². The summed E-state index contributed by atoms with van der Waals surface area (Å²) in [6.07, 6.45) is 1.81. The lowest BCUT2D eigenvalue weighted by Crippen LogP contribution is -2.23. The molecule has 0 aliphatic carbocycles. The Bertz CT molecular complexity index is 1290. The zero-order valence-corrected chi connectivity index (χ0v) is 19.6. The fourth-order valence-corrected chi connectivity index (χ4v) is 3.66. The summed E-state index contributed by atoms with van der Waals surface area (Å²) in [5.41, 5.74) is 7.23. The van der Waals surface area contributed by atoms with Crippen LogP contribution in [0, 0.1) is 13.8 Å². The highest BCUT2D eigenvalue weighted by molar-refractivity contribution is 5.99. The van der Waals surface area contributed by atoms with Gasteiger partial charge in [0.05, 0.1) is 12.1 Å². The van der Waals surface area contributed by atoms with E-state index in [1.165, 1.54) is 12.5 Å². The fourth-order valence-electron chi connectivity index (χ4n) is 3.66. The van der Waals surface area contributed by atoms with Gasteiger partial charge in [0, 0.05) is 30.9 Å². The molecule has 0 fully saturated rings. The van der Waals surface area contributed by atoms with E-state index in [0.29, 0.717) is 24.3 Å². The van der Waals surface area contributed by atoms with Crippen molar-refractivity contribution in [2.45, 2.75) is 33.9 Å². The van der Waals surface area contributed by atoms with Gasteiger partial charge in [-0.25, -0.2) is 0 Å². The molecule has 34 heavy (non-hydrogen) atoms. The highest BCUT2D eigenvalue weighted by Crippen LogP contribution is 2.23. The molecule has 6 heteroatoms. The van der Waals surface area contributed by atoms with Gasteiger partial charge in [0.2, 0.25) is 5.91 Å². The van der Waals surface area contributed by atoms with Gasteiger partial charge in [0.1, 0.15) is 5.69 Å². The second kappa shape index (κ2) is 10.2. The Morgan fingerprint density at radius 1 is 0.824 bits per heavy atom. The fraction of sp³-hybridized carbons (Fsp3) is 0.179. The molecule has 0 bridgehead atoms. The Morgan fingerprint density at radius 2 is 1.41 bits per heavy atom. The van der Waals surface area contributed by atoms with E-state index in [2.05, 4.69) is 41.8 Å². The van der Waals surface area contributed by atoms with Crippen LogP contribution >= 0.6 is 0 Å². The lowest BCUT2D eigenvalue weighted by molar-refractivity contribution is -0.114. The van der Waals surface area contributed by atoms with Crippen molar-refractivity contribution in [3.8, 4) is 11.3 Å². The van der Waals surface area contributed by atoms with E-state index in [0.717, 1.165) is 27.9 Å². The number of anilines is 1. The second-order valence-electron chi connectivity index (χ2n) is 8.50. The maximum absolute atomic E-state index is 13.2. The average molecular weight is 453 g/mol. The molecule has 0 saturated carbocycles. The zero-order chi connectivity index (χ0) is 24.1. The zero-order valence-electron chi connectivity index (χ0n) is 19.6. The predicted octanol–water partition coefficient (Wildman–Crippen LogP) is 5.10. The van der Waals surface area contributed by atoms with Crippen LogP contribution in [0.3, 0.4) is 0 Å². The van der Waals surface area contributed by atoms with Gasteiger partial charge in [0.25, 0.3) is 5.91 Å². The summed E-state index contributed by atoms with van der Waals surface area (Å²) in [4.78, 5) is 24.4. The summed E-state index contributed by atoms with van der Waals surface area (Å²) >= 11 is 0. The SMILES string of the molecule is CC(=O)Nc1ccc(CNC(=O)c2cn(Cc3ccc(C)cc3)nc2-c2ccc(C)cc2)cc1. The number of carbonyl (C=O) groups is 2. The van der Waals surface area contributed by atoms with E-state index < -0.39 is 0 Å². The molecular weight excluding hydrogens is 424 g/mol. The van der Waals surface area contributed by atoms with Crippen molar-refractivity contribution in [2.75, 3.05) is 5.32 Å². The first kappa shape index (κ1) is 23.0. The van der Waals surface area contributed by atoms with Crippen LogP contribution in [0.25, 0.3) is 11.3 Å². The molecule has 2 amide bonds. The maximum Gasteiger partial charge on any atom is 0.255 e. The minimum atomic E-state index is -0.184. The van der Waals surface area contributed by atoms with Crippen LogP contribution in [0.2, 0.25) is 0 Å². The smallest absolute Gasteiger partial charge is 0.255 e. The van der Waals surface area contributed by atoms with Gasteiger partial charge < -0.3 is 10.6 Å². The van der Waals surface area contributed by atoms with Crippen LogP contribution < -0.4 is 10.6 Å². The quantitative estimate of drug-likeness (QED) is 0.409. The number of hydrogen-bond donors (Lipinski definition) is 2. The standard InChI is InChI=1S/C28H28N4O2/c1-19-4-8-23(9-5-19)17-32-18-26(27(31-32)24-12-6-20(2)7-13-24)28(34)29-16-22-10-14-25(15-11-22)30-21(3)33/h4-15,18H,16-17H2,1-3H3,(H,29,34)(H,30,33). The minimum Gasteiger partial charge on any atom is -0.348 e. The first-order chi connectivity index (χ1) is 16.4. The Kier molecular flexibility index (Phi) is 6.87. The lowest BCUT2D eigenvalue weighted by Gasteiger charge is -2.07. The van der Waals surface area contributed by atoms with Crippen molar-refractivity contribution in [2.24, 2.45) is 0 Å². The van der Waals surface area contributed by atoms with Crippen molar-refractivity contribution >= 4 is 17.5 Å². The predicted molar refractivity (Wildman–Crippen MR) is 135 cm³/mol. The molecule has 4 rings (SSSR count). The third-order valence-electron chi connectivity index (χ3n) is 5.52. The Labute approximate surface area is 199 Å². The highest BCUT2D eigenvalue weighted by atomic mass is 16.2. The van der Waals surface area contributed by atoms with E-state index in [1.807, 2.05) is 66.3 Å². The molecule has 1 aromatic heterocycles. The molecule has 0 atom stereocenters. The molecule has 0 saturated heterocycles. The van der Waals surface area contributed by atoms with E-state index in [9.17, 15) is 9.59 Å². The summed E-state index contributed by atoms with van der Waals surface area (Å²) < 4.78 is 1.82. The Balaban J connectivity index is 1.55. The average Bonchev–Trinajstić information content (AvgIpc) is 3.24. The molecule has 0 spiro atoms. The molecule has 0 aliphatic rings. The van der Waals surface area contributed by atoms with Gasteiger partial charge in [-0.1, -0.05) is 71.8 Å². The first-order valence-corrected chi connectivity index (χ1v) is 11.2. The summed E-state index contributed by atoms with van der Waals surface area (Å²) in [6, 6.07) is 23.7. The molecule has 4 aromatic rings. The number of hydrogen-bond acceptors (Lipinski definition) is 3. The number of aryl methyl sites for hydroxylation is 2. The van der Waals surface area contributed by atoms with Gasteiger partial charge in [-0.05, 0) is 37.1 Å². The number of benzene rings is 3. The number of amides is 2. The van der Waals surface area contributed by atoms with Crippen molar-refractivity contribution < 1.29 is 9.59 Å². The van der Waals surface area contributed by atoms with Gasteiger partial charge in [0.15, 0.2) is 0 Å². The van der Waals surface area contributed by atoms with E-state index in [4.69, 9.17) is 5.10 Å². The van der Waals surface area contributed by atoms with Gasteiger partial charge in [-0.2, -0.15) is 5.10 Å². The normalized spacial score (nSPS) is 10.7. The van der Waals surface area contributed by atoms with Crippen molar-refractivity contribution in [3.63, 3.8) is 0 Å². The molecule has 0 radical (unpaired) electrons. The van der Waals surface area contributed by atoms with Gasteiger partial charge in [-0.3, -0.25) is 14.3 Å². The van der Waals surface area contributed by atoms with Crippen LogP contribution in [-0.4, -0.2) is 21.6 Å². The van der Waals surface area contributed by atoms with Crippen LogP contribution in [0.5, 0.6) is 0 Å². The van der Waals surface area contributed by atoms with Crippen LogP contribution in [0.15, 0.2) is 79.0 Å². The van der Waals surface area contributed by atoms with Crippen molar-refractivity contribution in [1.82, 2.24) is 15.1 Å². The highest BCUT2D eigenvalue weighted by Gasteiger charge is 2.18. The molecule has 2 N–H and O–H groups in total. The van der Waals surface area contributed by atoms with Crippen molar-refractivity contribution in [3.05, 3.63) is 107 Å². The summed E-state index contributed by atoms with van der Waals surface area (Å²) in [6.45, 7) is 6.51. The summed E-state index contributed by atoms with van der Waals surface area (Å²) in [5.74, 6) is -0.302. The summed E-state index contributed by atoms with van der Waals surface area (Å²) in [7, 11) is 0. The molecule has 172 valence electrons. The second-order valence-corrected chi connectivity index (χ2v) is 8.50. The molecular formula is C28H28N4O2. The number of rotatable bonds is 7. The largest absolute Gasteiger partial charge is 0.348 e. The first-order valence-electron chi connectivity index (χ1n) is 11.2. The topological polar surface area (TPSA) is 76.0 Å². The third-order valence-corrected chi connectivity index (χ3v) is 5.52. The molecule has 3 aromatic carbocycles. The number of nitrogens with zero attached hydrogens (tertiary/aromatic N) is 2.